The topological polar surface area (TPSA) is 35.5 Å². The molecule has 3 aliphatic rings. The average molecular weight is 318 g/mol. The van der Waals surface area contributed by atoms with Crippen molar-refractivity contribution >= 4 is 5.78 Å². The summed E-state index contributed by atoms with van der Waals surface area (Å²) in [7, 11) is 0. The first-order chi connectivity index (χ1) is 11.1. The number of rotatable bonds is 1. The number of halogens is 1. The lowest BCUT2D eigenvalue weighted by Gasteiger charge is -2.54. The molecule has 3 fully saturated rings. The maximum absolute atomic E-state index is 13.8. The van der Waals surface area contributed by atoms with Crippen molar-refractivity contribution in [2.24, 2.45) is 11.8 Å². The highest BCUT2D eigenvalue weighted by atomic mass is 19.1. The molecule has 1 aromatic rings. The van der Waals surface area contributed by atoms with Crippen LogP contribution >= 0.6 is 0 Å². The van der Waals surface area contributed by atoms with Crippen LogP contribution in [-0.4, -0.2) is 24.8 Å². The number of Topliss-reactive ketones (excluding diaryl/α,β-unsaturated/α-hetero) is 1. The summed E-state index contributed by atoms with van der Waals surface area (Å²) in [5.41, 5.74) is 0.271. The number of fused-ring (bicyclic) bond motifs is 1. The van der Waals surface area contributed by atoms with Crippen molar-refractivity contribution < 1.29 is 18.7 Å². The second-order valence-electron chi connectivity index (χ2n) is 7.20. The quantitative estimate of drug-likeness (QED) is 0.793. The summed E-state index contributed by atoms with van der Waals surface area (Å²) in [6, 6.07) is 6.63. The van der Waals surface area contributed by atoms with Gasteiger partial charge in [0.2, 0.25) is 0 Å². The molecule has 0 unspecified atom stereocenters. The van der Waals surface area contributed by atoms with Crippen molar-refractivity contribution in [3.8, 4) is 0 Å². The summed E-state index contributed by atoms with van der Waals surface area (Å²) in [6.07, 6.45) is 3.85. The van der Waals surface area contributed by atoms with E-state index in [1.165, 1.54) is 6.07 Å². The molecule has 1 aliphatic heterocycles. The lowest BCUT2D eigenvalue weighted by molar-refractivity contribution is -0.235. The van der Waals surface area contributed by atoms with Gasteiger partial charge in [0.05, 0.1) is 18.6 Å². The van der Waals surface area contributed by atoms with Gasteiger partial charge in [-0.3, -0.25) is 4.79 Å². The molecular formula is C19H23FO3. The Morgan fingerprint density at radius 3 is 2.74 bits per heavy atom. The maximum atomic E-state index is 13.8. The van der Waals surface area contributed by atoms with E-state index in [1.807, 2.05) is 6.07 Å². The van der Waals surface area contributed by atoms with Crippen LogP contribution in [0.1, 0.15) is 44.6 Å². The number of carbonyl (C=O) groups is 1. The van der Waals surface area contributed by atoms with E-state index in [0.717, 1.165) is 18.4 Å². The molecule has 0 N–H and O–H groups in total. The zero-order chi connectivity index (χ0) is 16.1. The van der Waals surface area contributed by atoms with Gasteiger partial charge in [0.25, 0.3) is 0 Å². The summed E-state index contributed by atoms with van der Waals surface area (Å²) in [5, 5.41) is 0. The molecule has 2 saturated carbocycles. The Morgan fingerprint density at radius 1 is 1.22 bits per heavy atom. The third-order valence-corrected chi connectivity index (χ3v) is 6.33. The van der Waals surface area contributed by atoms with Crippen LogP contribution in [0, 0.1) is 17.7 Å². The number of benzene rings is 1. The van der Waals surface area contributed by atoms with E-state index < -0.39 is 11.2 Å². The molecule has 4 rings (SSSR count). The van der Waals surface area contributed by atoms with Gasteiger partial charge in [0.1, 0.15) is 11.6 Å². The molecule has 23 heavy (non-hydrogen) atoms. The van der Waals surface area contributed by atoms with Crippen LogP contribution < -0.4 is 0 Å². The van der Waals surface area contributed by atoms with Crippen molar-refractivity contribution in [1.29, 1.82) is 0 Å². The molecule has 1 spiro atoms. The molecule has 3 nitrogen and oxygen atoms in total. The Balaban J connectivity index is 1.80. The Hall–Kier alpha value is -1.26. The monoisotopic (exact) mass is 318 g/mol. The summed E-state index contributed by atoms with van der Waals surface area (Å²) in [4.78, 5) is 13.0. The number of ketones is 1. The standard InChI is InChI=1S/C19H23FO3/c1-13-16-6-3-7-17(21)18(16,14-4-2-5-15(20)12-14)8-9-19(13)22-10-11-23-19/h2,4-5,12-13,16H,3,6-11H2,1H3/t13-,16-,18+/m0/s1. The predicted molar refractivity (Wildman–Crippen MR) is 83.5 cm³/mol. The summed E-state index contributed by atoms with van der Waals surface area (Å²) in [6.45, 7) is 3.39. The van der Waals surface area contributed by atoms with Crippen LogP contribution in [-0.2, 0) is 19.7 Å². The van der Waals surface area contributed by atoms with E-state index in [-0.39, 0.29) is 23.4 Å². The zero-order valence-electron chi connectivity index (χ0n) is 13.5. The molecule has 1 aromatic carbocycles. The summed E-state index contributed by atoms with van der Waals surface area (Å²) >= 11 is 0. The maximum Gasteiger partial charge on any atom is 0.171 e. The van der Waals surface area contributed by atoms with E-state index in [1.54, 1.807) is 12.1 Å². The first kappa shape index (κ1) is 15.3. The third kappa shape index (κ3) is 2.11. The molecule has 124 valence electrons. The third-order valence-electron chi connectivity index (χ3n) is 6.33. The fourth-order valence-corrected chi connectivity index (χ4v) is 5.23. The molecule has 4 heteroatoms. The molecule has 0 amide bonds. The van der Waals surface area contributed by atoms with Crippen LogP contribution in [0.3, 0.4) is 0 Å². The van der Waals surface area contributed by atoms with Crippen molar-refractivity contribution in [2.45, 2.75) is 50.2 Å². The molecule has 1 saturated heterocycles. The van der Waals surface area contributed by atoms with Gasteiger partial charge in [-0.25, -0.2) is 4.39 Å². The van der Waals surface area contributed by atoms with Gasteiger partial charge in [-0.1, -0.05) is 19.1 Å². The second-order valence-corrected chi connectivity index (χ2v) is 7.20. The summed E-state index contributed by atoms with van der Waals surface area (Å²) in [5.74, 6) is -0.267. The highest BCUT2D eigenvalue weighted by molar-refractivity contribution is 5.91. The van der Waals surface area contributed by atoms with Gasteiger partial charge in [-0.05, 0) is 42.9 Å². The molecule has 0 radical (unpaired) electrons. The van der Waals surface area contributed by atoms with Gasteiger partial charge in [0, 0.05) is 18.8 Å². The van der Waals surface area contributed by atoms with Gasteiger partial charge in [-0.15, -0.1) is 0 Å². The number of hydrogen-bond donors (Lipinski definition) is 0. The Bertz CT molecular complexity index is 623. The Morgan fingerprint density at radius 2 is 2.00 bits per heavy atom. The Labute approximate surface area is 136 Å². The fourth-order valence-electron chi connectivity index (χ4n) is 5.23. The lowest BCUT2D eigenvalue weighted by atomic mass is 9.51. The molecule has 0 bridgehead atoms. The minimum atomic E-state index is -0.569. The number of carbonyl (C=O) groups excluding carboxylic acids is 1. The van der Waals surface area contributed by atoms with E-state index in [2.05, 4.69) is 6.92 Å². The minimum Gasteiger partial charge on any atom is -0.347 e. The van der Waals surface area contributed by atoms with Crippen molar-refractivity contribution in [3.05, 3.63) is 35.6 Å². The zero-order valence-corrected chi connectivity index (χ0v) is 13.5. The average Bonchev–Trinajstić information content (AvgIpc) is 3.02. The van der Waals surface area contributed by atoms with Crippen molar-refractivity contribution in [2.75, 3.05) is 13.2 Å². The lowest BCUT2D eigenvalue weighted by Crippen LogP contribution is -2.59. The molecule has 0 aromatic heterocycles. The van der Waals surface area contributed by atoms with Crippen molar-refractivity contribution in [1.82, 2.24) is 0 Å². The highest BCUT2D eigenvalue weighted by Crippen LogP contribution is 2.57. The van der Waals surface area contributed by atoms with Crippen LogP contribution in [0.5, 0.6) is 0 Å². The van der Waals surface area contributed by atoms with Crippen LogP contribution in [0.25, 0.3) is 0 Å². The van der Waals surface area contributed by atoms with Crippen molar-refractivity contribution in [3.63, 3.8) is 0 Å². The first-order valence-electron chi connectivity index (χ1n) is 8.66. The predicted octanol–water partition coefficient (Wildman–Crippen LogP) is 3.61. The van der Waals surface area contributed by atoms with E-state index >= 15 is 0 Å². The summed E-state index contributed by atoms with van der Waals surface area (Å²) < 4.78 is 25.8. The fraction of sp³-hybridized carbons (Fsp3) is 0.632. The smallest absolute Gasteiger partial charge is 0.171 e. The first-order valence-corrected chi connectivity index (χ1v) is 8.66. The van der Waals surface area contributed by atoms with Gasteiger partial charge in [0.15, 0.2) is 5.79 Å². The molecule has 1 heterocycles. The molecule has 2 aliphatic carbocycles. The van der Waals surface area contributed by atoms with E-state index in [4.69, 9.17) is 9.47 Å². The largest absolute Gasteiger partial charge is 0.347 e. The second kappa shape index (κ2) is 5.38. The molecule has 3 atom stereocenters. The van der Waals surface area contributed by atoms with Crippen LogP contribution in [0.15, 0.2) is 24.3 Å². The number of ether oxygens (including phenoxy) is 2. The normalized spacial score (nSPS) is 36.2. The van der Waals surface area contributed by atoms with Crippen LogP contribution in [0.2, 0.25) is 0 Å². The minimum absolute atomic E-state index is 0.131. The van der Waals surface area contributed by atoms with Crippen LogP contribution in [0.4, 0.5) is 4.39 Å². The number of hydrogen-bond acceptors (Lipinski definition) is 3. The molecular weight excluding hydrogens is 295 g/mol. The van der Waals surface area contributed by atoms with Gasteiger partial charge in [-0.2, -0.15) is 0 Å². The van der Waals surface area contributed by atoms with Gasteiger partial charge >= 0.3 is 0 Å². The van der Waals surface area contributed by atoms with E-state index in [9.17, 15) is 9.18 Å². The SMILES string of the molecule is C[C@H]1[C@@H]2CCCC(=O)[C@@]2(c2cccc(F)c2)CCC12OCCO2. The highest BCUT2D eigenvalue weighted by Gasteiger charge is 2.60. The van der Waals surface area contributed by atoms with Gasteiger partial charge < -0.3 is 9.47 Å². The Kier molecular flexibility index (Phi) is 3.58. The van der Waals surface area contributed by atoms with E-state index in [0.29, 0.717) is 32.5 Å².